The number of methoxy groups -OCH3 is 3. The van der Waals surface area contributed by atoms with E-state index >= 15 is 0 Å². The van der Waals surface area contributed by atoms with Crippen molar-refractivity contribution in [1.82, 2.24) is 4.90 Å². The molecule has 1 saturated heterocycles. The SMILES string of the molecule is COc1cc(C(=O)OCCCN2CCC(=O)CC2)cc(OC)c1OC. The molecule has 1 fully saturated rings. The maximum atomic E-state index is 12.2. The average Bonchev–Trinajstić information content (AvgIpc) is 2.65. The predicted octanol–water partition coefficient (Wildman–Crippen LogP) is 1.92. The van der Waals surface area contributed by atoms with Crippen LogP contribution < -0.4 is 14.2 Å². The summed E-state index contributed by atoms with van der Waals surface area (Å²) in [6.45, 7) is 2.72. The van der Waals surface area contributed by atoms with Gasteiger partial charge in [0.1, 0.15) is 5.78 Å². The Morgan fingerprint density at radius 2 is 1.64 bits per heavy atom. The van der Waals surface area contributed by atoms with Gasteiger partial charge in [0, 0.05) is 32.5 Å². The van der Waals surface area contributed by atoms with E-state index in [0.717, 1.165) is 26.1 Å². The summed E-state index contributed by atoms with van der Waals surface area (Å²) in [6, 6.07) is 3.14. The highest BCUT2D eigenvalue weighted by Crippen LogP contribution is 2.38. The Morgan fingerprint density at radius 1 is 1.04 bits per heavy atom. The fourth-order valence-corrected chi connectivity index (χ4v) is 2.76. The van der Waals surface area contributed by atoms with Crippen LogP contribution in [0.5, 0.6) is 17.2 Å². The molecular weight excluding hydrogens is 326 g/mol. The van der Waals surface area contributed by atoms with Crippen LogP contribution in [0, 0.1) is 0 Å². The number of ether oxygens (including phenoxy) is 4. The average molecular weight is 351 g/mol. The van der Waals surface area contributed by atoms with Crippen molar-refractivity contribution in [3.8, 4) is 17.2 Å². The zero-order valence-electron chi connectivity index (χ0n) is 15.0. The lowest BCUT2D eigenvalue weighted by atomic mass is 10.1. The first kappa shape index (κ1) is 19.1. The lowest BCUT2D eigenvalue weighted by molar-refractivity contribution is -0.121. The van der Waals surface area contributed by atoms with Gasteiger partial charge in [0.15, 0.2) is 11.5 Å². The fraction of sp³-hybridized carbons (Fsp3) is 0.556. The molecule has 7 heteroatoms. The maximum absolute atomic E-state index is 12.2. The third-order valence-corrected chi connectivity index (χ3v) is 4.17. The summed E-state index contributed by atoms with van der Waals surface area (Å²) in [5.74, 6) is 1.14. The van der Waals surface area contributed by atoms with Gasteiger partial charge in [-0.3, -0.25) is 4.79 Å². The van der Waals surface area contributed by atoms with Crippen molar-refractivity contribution in [2.24, 2.45) is 0 Å². The summed E-state index contributed by atoms with van der Waals surface area (Å²) in [4.78, 5) is 25.7. The number of carbonyl (C=O) groups excluding carboxylic acids is 2. The minimum Gasteiger partial charge on any atom is -0.493 e. The van der Waals surface area contributed by atoms with Gasteiger partial charge in [-0.1, -0.05) is 0 Å². The van der Waals surface area contributed by atoms with Crippen molar-refractivity contribution in [2.75, 3.05) is 47.6 Å². The first-order valence-electron chi connectivity index (χ1n) is 8.30. The summed E-state index contributed by atoms with van der Waals surface area (Å²) in [6.07, 6.45) is 1.96. The van der Waals surface area contributed by atoms with Gasteiger partial charge in [-0.15, -0.1) is 0 Å². The highest BCUT2D eigenvalue weighted by Gasteiger charge is 2.18. The number of nitrogens with zero attached hydrogens (tertiary/aromatic N) is 1. The molecule has 0 bridgehead atoms. The molecule has 138 valence electrons. The number of carbonyl (C=O) groups is 2. The van der Waals surface area contributed by atoms with E-state index in [4.69, 9.17) is 18.9 Å². The highest BCUT2D eigenvalue weighted by molar-refractivity contribution is 5.91. The van der Waals surface area contributed by atoms with E-state index in [9.17, 15) is 9.59 Å². The molecule has 0 amide bonds. The highest BCUT2D eigenvalue weighted by atomic mass is 16.5. The zero-order chi connectivity index (χ0) is 18.2. The van der Waals surface area contributed by atoms with Gasteiger partial charge >= 0.3 is 5.97 Å². The van der Waals surface area contributed by atoms with Crippen LogP contribution in [0.3, 0.4) is 0 Å². The smallest absolute Gasteiger partial charge is 0.338 e. The number of likely N-dealkylation sites (tertiary alicyclic amines) is 1. The summed E-state index contributed by atoms with van der Waals surface area (Å²) < 4.78 is 21.0. The normalized spacial score (nSPS) is 14.9. The molecule has 0 aromatic heterocycles. The van der Waals surface area contributed by atoms with Crippen LogP contribution in [0.25, 0.3) is 0 Å². The maximum Gasteiger partial charge on any atom is 0.338 e. The second-order valence-electron chi connectivity index (χ2n) is 5.78. The van der Waals surface area contributed by atoms with Gasteiger partial charge in [-0.05, 0) is 18.6 Å². The molecule has 25 heavy (non-hydrogen) atoms. The van der Waals surface area contributed by atoms with E-state index in [0.29, 0.717) is 48.0 Å². The van der Waals surface area contributed by atoms with Gasteiger partial charge in [0.2, 0.25) is 5.75 Å². The summed E-state index contributed by atoms with van der Waals surface area (Å²) in [5.41, 5.74) is 0.345. The zero-order valence-corrected chi connectivity index (χ0v) is 15.0. The van der Waals surface area contributed by atoms with Gasteiger partial charge in [0.05, 0.1) is 33.5 Å². The number of rotatable bonds is 8. The lowest BCUT2D eigenvalue weighted by Gasteiger charge is -2.25. The van der Waals surface area contributed by atoms with Crippen molar-refractivity contribution >= 4 is 11.8 Å². The number of Topliss-reactive ketones (excluding diaryl/α,β-unsaturated/α-hetero) is 1. The van der Waals surface area contributed by atoms with Gasteiger partial charge < -0.3 is 23.8 Å². The van der Waals surface area contributed by atoms with Gasteiger partial charge in [0.25, 0.3) is 0 Å². The minimum absolute atomic E-state index is 0.319. The van der Waals surface area contributed by atoms with Crippen molar-refractivity contribution in [2.45, 2.75) is 19.3 Å². The molecule has 0 N–H and O–H groups in total. The molecule has 0 saturated carbocycles. The second kappa shape index (κ2) is 9.27. The van der Waals surface area contributed by atoms with E-state index in [1.807, 2.05) is 0 Å². The Morgan fingerprint density at radius 3 is 2.16 bits per heavy atom. The Kier molecular flexibility index (Phi) is 7.06. The molecule has 0 aliphatic carbocycles. The van der Waals surface area contributed by atoms with E-state index in [-0.39, 0.29) is 0 Å². The van der Waals surface area contributed by atoms with E-state index < -0.39 is 5.97 Å². The predicted molar refractivity (Wildman–Crippen MR) is 91.7 cm³/mol. The molecule has 1 aliphatic rings. The summed E-state index contributed by atoms with van der Waals surface area (Å²) >= 11 is 0. The Bertz CT molecular complexity index is 581. The molecule has 7 nitrogen and oxygen atoms in total. The Balaban J connectivity index is 1.87. The molecular formula is C18H25NO6. The molecule has 1 aliphatic heterocycles. The Labute approximate surface area is 147 Å². The topological polar surface area (TPSA) is 74.3 Å². The molecule has 1 aromatic carbocycles. The molecule has 0 atom stereocenters. The van der Waals surface area contributed by atoms with Gasteiger partial charge in [-0.25, -0.2) is 4.79 Å². The van der Waals surface area contributed by atoms with Crippen molar-refractivity contribution < 1.29 is 28.5 Å². The molecule has 2 rings (SSSR count). The molecule has 1 heterocycles. The summed E-state index contributed by atoms with van der Waals surface area (Å²) in [7, 11) is 4.50. The number of benzene rings is 1. The lowest BCUT2D eigenvalue weighted by Crippen LogP contribution is -2.34. The van der Waals surface area contributed by atoms with Crippen LogP contribution in [0.4, 0.5) is 0 Å². The fourth-order valence-electron chi connectivity index (χ4n) is 2.76. The number of ketones is 1. The number of hydrogen-bond acceptors (Lipinski definition) is 7. The standard InChI is InChI=1S/C18H25NO6/c1-22-15-11-13(12-16(23-2)17(15)24-3)18(21)25-10-4-7-19-8-5-14(20)6-9-19/h11-12H,4-10H2,1-3H3. The van der Waals surface area contributed by atoms with E-state index in [1.54, 1.807) is 12.1 Å². The Hall–Kier alpha value is -2.28. The molecule has 0 radical (unpaired) electrons. The van der Waals surface area contributed by atoms with Crippen LogP contribution in [-0.4, -0.2) is 64.2 Å². The summed E-state index contributed by atoms with van der Waals surface area (Å²) in [5, 5.41) is 0. The largest absolute Gasteiger partial charge is 0.493 e. The van der Waals surface area contributed by atoms with Crippen LogP contribution in [0.2, 0.25) is 0 Å². The first-order valence-corrected chi connectivity index (χ1v) is 8.30. The van der Waals surface area contributed by atoms with Crippen LogP contribution in [0.1, 0.15) is 29.6 Å². The monoisotopic (exact) mass is 351 g/mol. The molecule has 0 spiro atoms. The second-order valence-corrected chi connectivity index (χ2v) is 5.78. The van der Waals surface area contributed by atoms with Crippen LogP contribution in [0.15, 0.2) is 12.1 Å². The van der Waals surface area contributed by atoms with Gasteiger partial charge in [-0.2, -0.15) is 0 Å². The van der Waals surface area contributed by atoms with E-state index in [1.165, 1.54) is 21.3 Å². The third kappa shape index (κ3) is 5.09. The van der Waals surface area contributed by atoms with Crippen molar-refractivity contribution in [1.29, 1.82) is 0 Å². The molecule has 1 aromatic rings. The number of esters is 1. The minimum atomic E-state index is -0.437. The number of piperidine rings is 1. The first-order chi connectivity index (χ1) is 12.1. The van der Waals surface area contributed by atoms with Crippen molar-refractivity contribution in [3.63, 3.8) is 0 Å². The van der Waals surface area contributed by atoms with Crippen LogP contribution in [-0.2, 0) is 9.53 Å². The quantitative estimate of drug-likeness (QED) is 0.523. The van der Waals surface area contributed by atoms with Crippen molar-refractivity contribution in [3.05, 3.63) is 17.7 Å². The number of hydrogen-bond donors (Lipinski definition) is 0. The molecule has 0 unspecified atom stereocenters. The van der Waals surface area contributed by atoms with Crippen LogP contribution >= 0.6 is 0 Å². The van der Waals surface area contributed by atoms with E-state index in [2.05, 4.69) is 4.90 Å². The third-order valence-electron chi connectivity index (χ3n) is 4.17.